The second-order valence-corrected chi connectivity index (χ2v) is 6.32. The Morgan fingerprint density at radius 2 is 1.48 bits per heavy atom. The van der Waals surface area contributed by atoms with E-state index in [1.165, 1.54) is 15.9 Å². The number of rotatable bonds is 2. The van der Waals surface area contributed by atoms with Crippen LogP contribution in [-0.4, -0.2) is 16.9 Å². The summed E-state index contributed by atoms with van der Waals surface area (Å²) in [6.07, 6.45) is 0. The standard InChI is InChI=1S/C15H8Cl3N3OS/c16-8-1-3-9(4-2-8)21-14(23)13(19)20(15(21)22)10-5-6-11(17)12(18)7-10/h1-7,19H. The predicted molar refractivity (Wildman–Crippen MR) is 98.6 cm³/mol. The molecule has 0 spiro atoms. The van der Waals surface area contributed by atoms with Crippen molar-refractivity contribution in [2.24, 2.45) is 0 Å². The number of anilines is 2. The van der Waals surface area contributed by atoms with E-state index in [1.807, 2.05) is 0 Å². The summed E-state index contributed by atoms with van der Waals surface area (Å²) in [5, 5.41) is 9.35. The first-order valence-corrected chi connectivity index (χ1v) is 7.92. The number of carbonyl (C=O) groups excluding carboxylic acids is 1. The Morgan fingerprint density at radius 3 is 2.09 bits per heavy atom. The van der Waals surface area contributed by atoms with Crippen molar-refractivity contribution < 1.29 is 4.79 Å². The van der Waals surface area contributed by atoms with Crippen LogP contribution in [0.3, 0.4) is 0 Å². The van der Waals surface area contributed by atoms with E-state index >= 15 is 0 Å². The van der Waals surface area contributed by atoms with E-state index in [-0.39, 0.29) is 10.8 Å². The molecule has 0 atom stereocenters. The summed E-state index contributed by atoms with van der Waals surface area (Å²) >= 11 is 23.0. The average Bonchev–Trinajstić information content (AvgIpc) is 2.74. The first-order valence-electron chi connectivity index (χ1n) is 6.38. The molecule has 8 heteroatoms. The van der Waals surface area contributed by atoms with E-state index in [4.69, 9.17) is 52.4 Å². The molecule has 3 rings (SSSR count). The number of carbonyl (C=O) groups is 1. The zero-order chi connectivity index (χ0) is 16.7. The van der Waals surface area contributed by atoms with E-state index in [2.05, 4.69) is 0 Å². The number of amides is 2. The molecule has 1 aliphatic heterocycles. The van der Waals surface area contributed by atoms with Crippen LogP contribution < -0.4 is 9.80 Å². The maximum atomic E-state index is 12.7. The molecule has 1 N–H and O–H groups in total. The number of benzene rings is 2. The second kappa shape index (κ2) is 6.09. The highest BCUT2D eigenvalue weighted by Crippen LogP contribution is 2.32. The van der Waals surface area contributed by atoms with Crippen molar-refractivity contribution in [2.45, 2.75) is 0 Å². The highest BCUT2D eigenvalue weighted by atomic mass is 35.5. The number of nitrogens with zero attached hydrogens (tertiary/aromatic N) is 2. The first kappa shape index (κ1) is 16.2. The maximum Gasteiger partial charge on any atom is 0.340 e. The molecule has 23 heavy (non-hydrogen) atoms. The quantitative estimate of drug-likeness (QED) is 0.705. The van der Waals surface area contributed by atoms with Gasteiger partial charge in [0.2, 0.25) is 0 Å². The van der Waals surface area contributed by atoms with Crippen LogP contribution in [0.25, 0.3) is 0 Å². The SMILES string of the molecule is N=C1C(=S)N(c2ccc(Cl)cc2)C(=O)N1c1ccc(Cl)c(Cl)c1. The Bertz CT molecular complexity index is 838. The summed E-state index contributed by atoms with van der Waals surface area (Å²) in [5.41, 5.74) is 0.963. The number of nitrogens with one attached hydrogen (secondary N) is 1. The largest absolute Gasteiger partial charge is 0.340 e. The van der Waals surface area contributed by atoms with Crippen molar-refractivity contribution in [3.63, 3.8) is 0 Å². The van der Waals surface area contributed by atoms with Crippen molar-refractivity contribution >= 4 is 75.3 Å². The summed E-state index contributed by atoms with van der Waals surface area (Å²) in [6.45, 7) is 0. The Kier molecular flexibility index (Phi) is 4.29. The molecule has 116 valence electrons. The minimum atomic E-state index is -0.458. The second-order valence-electron chi connectivity index (χ2n) is 4.68. The van der Waals surface area contributed by atoms with Crippen molar-refractivity contribution in [1.29, 1.82) is 5.41 Å². The van der Waals surface area contributed by atoms with Gasteiger partial charge in [0, 0.05) is 5.02 Å². The molecule has 2 amide bonds. The van der Waals surface area contributed by atoms with Gasteiger partial charge in [-0.2, -0.15) is 0 Å². The van der Waals surface area contributed by atoms with Crippen molar-refractivity contribution in [3.8, 4) is 0 Å². The molecule has 0 unspecified atom stereocenters. The third-order valence-corrected chi connectivity index (χ3v) is 4.62. The predicted octanol–water partition coefficient (Wildman–Crippen LogP) is 5.40. The van der Waals surface area contributed by atoms with Crippen molar-refractivity contribution in [2.75, 3.05) is 9.80 Å². The van der Waals surface area contributed by atoms with Crippen LogP contribution in [0.2, 0.25) is 15.1 Å². The lowest BCUT2D eigenvalue weighted by atomic mass is 10.3. The minimum absolute atomic E-state index is 0.0988. The fourth-order valence-corrected chi connectivity index (χ4v) is 2.86. The van der Waals surface area contributed by atoms with Gasteiger partial charge in [0.25, 0.3) is 0 Å². The molecule has 0 aromatic heterocycles. The van der Waals surface area contributed by atoms with Gasteiger partial charge in [-0.05, 0) is 42.5 Å². The van der Waals surface area contributed by atoms with Crippen LogP contribution in [0.4, 0.5) is 16.2 Å². The topological polar surface area (TPSA) is 47.4 Å². The Hall–Kier alpha value is -1.66. The van der Waals surface area contributed by atoms with Crippen LogP contribution in [0.5, 0.6) is 0 Å². The van der Waals surface area contributed by atoms with E-state index < -0.39 is 6.03 Å². The Morgan fingerprint density at radius 1 is 0.870 bits per heavy atom. The van der Waals surface area contributed by atoms with Crippen molar-refractivity contribution in [1.82, 2.24) is 0 Å². The molecule has 1 heterocycles. The van der Waals surface area contributed by atoms with Crippen LogP contribution in [-0.2, 0) is 0 Å². The van der Waals surface area contributed by atoms with Crippen molar-refractivity contribution in [3.05, 3.63) is 57.5 Å². The lowest BCUT2D eigenvalue weighted by Crippen LogP contribution is -2.33. The Balaban J connectivity index is 2.02. The van der Waals surface area contributed by atoms with Crippen LogP contribution >= 0.6 is 47.0 Å². The zero-order valence-electron chi connectivity index (χ0n) is 11.4. The van der Waals surface area contributed by atoms with E-state index in [0.717, 1.165) is 0 Å². The number of hydrogen-bond acceptors (Lipinski definition) is 3. The molecule has 2 aromatic rings. The molecular formula is C15H8Cl3N3OS. The lowest BCUT2D eigenvalue weighted by Gasteiger charge is -2.17. The molecule has 0 saturated carbocycles. The minimum Gasteiger partial charge on any atom is -0.281 e. The summed E-state index contributed by atoms with van der Waals surface area (Å²) in [4.78, 5) is 15.3. The van der Waals surface area contributed by atoms with Crippen LogP contribution in [0.15, 0.2) is 42.5 Å². The van der Waals surface area contributed by atoms with Gasteiger partial charge >= 0.3 is 6.03 Å². The van der Waals surface area contributed by atoms with Gasteiger partial charge in [-0.25, -0.2) is 14.6 Å². The van der Waals surface area contributed by atoms with Gasteiger partial charge in [-0.1, -0.05) is 47.0 Å². The molecular weight excluding hydrogens is 377 g/mol. The van der Waals surface area contributed by atoms with E-state index in [1.54, 1.807) is 36.4 Å². The average molecular weight is 385 g/mol. The molecule has 1 saturated heterocycles. The third kappa shape index (κ3) is 2.81. The Labute approximate surface area is 152 Å². The molecule has 1 fully saturated rings. The molecule has 0 radical (unpaired) electrons. The highest BCUT2D eigenvalue weighted by molar-refractivity contribution is 7.82. The molecule has 1 aliphatic rings. The summed E-state index contributed by atoms with van der Waals surface area (Å²) in [7, 11) is 0. The number of amidine groups is 1. The number of urea groups is 1. The summed E-state index contributed by atoms with van der Waals surface area (Å²) in [6, 6.07) is 10.9. The van der Waals surface area contributed by atoms with Gasteiger partial charge in [0.15, 0.2) is 10.8 Å². The fourth-order valence-electron chi connectivity index (χ4n) is 2.17. The van der Waals surface area contributed by atoms with Crippen LogP contribution in [0.1, 0.15) is 0 Å². The van der Waals surface area contributed by atoms with Gasteiger partial charge in [-0.3, -0.25) is 5.41 Å². The number of hydrogen-bond donors (Lipinski definition) is 1. The summed E-state index contributed by atoms with van der Waals surface area (Å²) < 4.78 is 0. The zero-order valence-corrected chi connectivity index (χ0v) is 14.5. The number of halogens is 3. The molecule has 2 aromatic carbocycles. The fraction of sp³-hybridized carbons (Fsp3) is 0. The summed E-state index contributed by atoms with van der Waals surface area (Å²) in [5.74, 6) is -0.0988. The molecule has 0 bridgehead atoms. The number of thiocarbonyl (C=S) groups is 1. The van der Waals surface area contributed by atoms with E-state index in [0.29, 0.717) is 26.4 Å². The molecule has 0 aliphatic carbocycles. The monoisotopic (exact) mass is 383 g/mol. The van der Waals surface area contributed by atoms with E-state index in [9.17, 15) is 4.79 Å². The highest BCUT2D eigenvalue weighted by Gasteiger charge is 2.40. The molecule has 4 nitrogen and oxygen atoms in total. The first-order chi connectivity index (χ1) is 10.9. The smallest absolute Gasteiger partial charge is 0.281 e. The normalized spacial score (nSPS) is 14.8. The third-order valence-electron chi connectivity index (χ3n) is 3.26. The van der Waals surface area contributed by atoms with Crippen LogP contribution in [0, 0.1) is 5.41 Å². The van der Waals surface area contributed by atoms with Gasteiger partial charge < -0.3 is 0 Å². The maximum absolute atomic E-state index is 12.7. The van der Waals surface area contributed by atoms with Gasteiger partial charge in [0.05, 0.1) is 21.4 Å². The van der Waals surface area contributed by atoms with Gasteiger partial charge in [-0.15, -0.1) is 0 Å². The lowest BCUT2D eigenvalue weighted by molar-refractivity contribution is 0.257. The van der Waals surface area contributed by atoms with Gasteiger partial charge in [0.1, 0.15) is 0 Å².